The second-order valence-corrected chi connectivity index (χ2v) is 6.68. The average molecular weight is 338 g/mol. The van der Waals surface area contributed by atoms with E-state index in [4.69, 9.17) is 0 Å². The molecule has 2 aromatic rings. The van der Waals surface area contributed by atoms with E-state index in [2.05, 4.69) is 16.7 Å². The number of nitrogens with one attached hydrogen (secondary N) is 2. The molecule has 4 nitrogen and oxygen atoms in total. The first kappa shape index (κ1) is 15.8. The maximum absolute atomic E-state index is 13.4. The van der Waals surface area contributed by atoms with Crippen LogP contribution in [0.1, 0.15) is 41.9 Å². The molecular weight excluding hydrogens is 319 g/mol. The molecule has 25 heavy (non-hydrogen) atoms. The van der Waals surface area contributed by atoms with Gasteiger partial charge in [0.15, 0.2) is 0 Å². The molecule has 0 aromatic heterocycles. The van der Waals surface area contributed by atoms with Crippen LogP contribution in [0.15, 0.2) is 36.4 Å². The molecule has 1 atom stereocenters. The Kier molecular flexibility index (Phi) is 3.99. The third-order valence-electron chi connectivity index (χ3n) is 5.02. The summed E-state index contributed by atoms with van der Waals surface area (Å²) >= 11 is 0. The summed E-state index contributed by atoms with van der Waals surface area (Å²) < 4.78 is 13.4. The van der Waals surface area contributed by atoms with Crippen LogP contribution >= 0.6 is 0 Å². The highest BCUT2D eigenvalue weighted by atomic mass is 19.1. The lowest BCUT2D eigenvalue weighted by atomic mass is 9.88. The van der Waals surface area contributed by atoms with Crippen molar-refractivity contribution in [2.24, 2.45) is 0 Å². The predicted molar refractivity (Wildman–Crippen MR) is 94.1 cm³/mol. The highest BCUT2D eigenvalue weighted by Gasteiger charge is 2.31. The Bertz CT molecular complexity index is 863. The lowest BCUT2D eigenvalue weighted by Crippen LogP contribution is -2.31. The minimum atomic E-state index is -0.608. The number of carbonyl (C=O) groups excluding carboxylic acids is 2. The van der Waals surface area contributed by atoms with Crippen molar-refractivity contribution in [2.75, 3.05) is 10.6 Å². The molecule has 0 saturated carbocycles. The van der Waals surface area contributed by atoms with Crippen molar-refractivity contribution in [2.45, 2.75) is 38.0 Å². The van der Waals surface area contributed by atoms with Crippen LogP contribution in [0.4, 0.5) is 15.8 Å². The molecule has 1 unspecified atom stereocenters. The number of carbonyl (C=O) groups is 2. The fourth-order valence-electron chi connectivity index (χ4n) is 3.79. The summed E-state index contributed by atoms with van der Waals surface area (Å²) in [5.74, 6) is -1.53. The molecule has 2 amide bonds. The maximum atomic E-state index is 13.4. The van der Waals surface area contributed by atoms with Gasteiger partial charge >= 0.3 is 0 Å². The predicted octanol–water partition coefficient (Wildman–Crippen LogP) is 3.77. The van der Waals surface area contributed by atoms with Gasteiger partial charge in [0.2, 0.25) is 11.8 Å². The first-order valence-electron chi connectivity index (χ1n) is 8.63. The molecule has 0 radical (unpaired) electrons. The van der Waals surface area contributed by atoms with Crippen LogP contribution in [-0.2, 0) is 22.4 Å². The van der Waals surface area contributed by atoms with Crippen molar-refractivity contribution in [1.29, 1.82) is 0 Å². The van der Waals surface area contributed by atoms with Crippen LogP contribution in [0.5, 0.6) is 0 Å². The molecule has 1 heterocycles. The largest absolute Gasteiger partial charge is 0.326 e. The minimum Gasteiger partial charge on any atom is -0.326 e. The summed E-state index contributed by atoms with van der Waals surface area (Å²) in [6.45, 7) is 0. The molecule has 4 rings (SSSR count). The number of benzene rings is 2. The highest BCUT2D eigenvalue weighted by Crippen LogP contribution is 2.35. The van der Waals surface area contributed by atoms with E-state index in [1.54, 1.807) is 6.07 Å². The van der Waals surface area contributed by atoms with Gasteiger partial charge in [0.1, 0.15) is 5.82 Å². The number of hydrogen-bond acceptors (Lipinski definition) is 2. The summed E-state index contributed by atoms with van der Waals surface area (Å²) in [5, 5.41) is 5.64. The SMILES string of the molecule is O=C1CC(C(=O)Nc2cccc3c2CCCC3)c2ccc(F)cc2N1. The Labute approximate surface area is 145 Å². The molecule has 0 fully saturated rings. The van der Waals surface area contributed by atoms with E-state index in [-0.39, 0.29) is 18.2 Å². The standard InChI is InChI=1S/C20H19FN2O2/c21-13-8-9-15-16(11-19(24)22-18(15)10-13)20(25)23-17-7-3-5-12-4-1-2-6-14(12)17/h3,5,7-10,16H,1-2,4,6,11H2,(H,22,24)(H,23,25). The van der Waals surface area contributed by atoms with Crippen LogP contribution in [0.25, 0.3) is 0 Å². The number of aryl methyl sites for hydroxylation is 1. The average Bonchev–Trinajstić information content (AvgIpc) is 2.61. The molecular formula is C20H19FN2O2. The van der Waals surface area contributed by atoms with Crippen molar-refractivity contribution < 1.29 is 14.0 Å². The zero-order valence-corrected chi connectivity index (χ0v) is 13.8. The van der Waals surface area contributed by atoms with Gasteiger partial charge in [-0.2, -0.15) is 0 Å². The van der Waals surface area contributed by atoms with Crippen LogP contribution in [0.3, 0.4) is 0 Å². The normalized spacial score (nSPS) is 18.8. The van der Waals surface area contributed by atoms with Gasteiger partial charge in [-0.25, -0.2) is 4.39 Å². The van der Waals surface area contributed by atoms with Gasteiger partial charge in [-0.05, 0) is 60.6 Å². The van der Waals surface area contributed by atoms with Gasteiger partial charge in [-0.3, -0.25) is 9.59 Å². The van der Waals surface area contributed by atoms with Gasteiger partial charge in [-0.15, -0.1) is 0 Å². The minimum absolute atomic E-state index is 0.0689. The topological polar surface area (TPSA) is 58.2 Å². The second-order valence-electron chi connectivity index (χ2n) is 6.68. The van der Waals surface area contributed by atoms with Crippen molar-refractivity contribution in [1.82, 2.24) is 0 Å². The van der Waals surface area contributed by atoms with E-state index in [1.165, 1.54) is 29.7 Å². The first-order valence-corrected chi connectivity index (χ1v) is 8.63. The van der Waals surface area contributed by atoms with Gasteiger partial charge in [-0.1, -0.05) is 18.2 Å². The zero-order chi connectivity index (χ0) is 17.4. The third kappa shape index (κ3) is 3.02. The molecule has 0 bridgehead atoms. The van der Waals surface area contributed by atoms with E-state index in [0.717, 1.165) is 24.9 Å². The number of amides is 2. The summed E-state index contributed by atoms with van der Waals surface area (Å²) in [4.78, 5) is 24.8. The fourth-order valence-corrected chi connectivity index (χ4v) is 3.79. The quantitative estimate of drug-likeness (QED) is 0.876. The summed E-state index contributed by atoms with van der Waals surface area (Å²) in [6.07, 6.45) is 4.35. The molecule has 0 saturated heterocycles. The first-order chi connectivity index (χ1) is 12.1. The van der Waals surface area contributed by atoms with E-state index in [0.29, 0.717) is 11.3 Å². The van der Waals surface area contributed by atoms with Gasteiger partial charge in [0, 0.05) is 17.8 Å². The molecule has 2 aromatic carbocycles. The lowest BCUT2D eigenvalue weighted by Gasteiger charge is -2.26. The van der Waals surface area contributed by atoms with Crippen LogP contribution < -0.4 is 10.6 Å². The van der Waals surface area contributed by atoms with Crippen LogP contribution in [0, 0.1) is 5.82 Å². The number of hydrogen-bond donors (Lipinski definition) is 2. The highest BCUT2D eigenvalue weighted by molar-refractivity contribution is 6.05. The van der Waals surface area contributed by atoms with Crippen molar-refractivity contribution in [3.8, 4) is 0 Å². The number of fused-ring (bicyclic) bond motifs is 2. The van der Waals surface area contributed by atoms with E-state index >= 15 is 0 Å². The molecule has 0 spiro atoms. The number of halogens is 1. The second kappa shape index (κ2) is 6.31. The molecule has 5 heteroatoms. The Balaban J connectivity index is 1.63. The zero-order valence-electron chi connectivity index (χ0n) is 13.8. The Hall–Kier alpha value is -2.69. The summed E-state index contributed by atoms with van der Waals surface area (Å²) in [6, 6.07) is 10.1. The van der Waals surface area contributed by atoms with E-state index in [1.807, 2.05) is 12.1 Å². The van der Waals surface area contributed by atoms with Gasteiger partial charge < -0.3 is 10.6 Å². The smallest absolute Gasteiger partial charge is 0.232 e. The molecule has 128 valence electrons. The maximum Gasteiger partial charge on any atom is 0.232 e. The van der Waals surface area contributed by atoms with Crippen molar-refractivity contribution in [3.63, 3.8) is 0 Å². The summed E-state index contributed by atoms with van der Waals surface area (Å²) in [5.41, 5.74) is 4.35. The van der Waals surface area contributed by atoms with Gasteiger partial charge in [0.25, 0.3) is 0 Å². The fraction of sp³-hybridized carbons (Fsp3) is 0.300. The Morgan fingerprint density at radius 3 is 2.88 bits per heavy atom. The van der Waals surface area contributed by atoms with Crippen LogP contribution in [0.2, 0.25) is 0 Å². The molecule has 1 aliphatic heterocycles. The third-order valence-corrected chi connectivity index (χ3v) is 5.02. The number of rotatable bonds is 2. The molecule has 2 N–H and O–H groups in total. The van der Waals surface area contributed by atoms with Crippen molar-refractivity contribution >= 4 is 23.2 Å². The molecule has 2 aliphatic rings. The Morgan fingerprint density at radius 1 is 1.16 bits per heavy atom. The summed E-state index contributed by atoms with van der Waals surface area (Å²) in [7, 11) is 0. The van der Waals surface area contributed by atoms with E-state index in [9.17, 15) is 14.0 Å². The van der Waals surface area contributed by atoms with E-state index < -0.39 is 11.7 Å². The molecule has 1 aliphatic carbocycles. The Morgan fingerprint density at radius 2 is 2.00 bits per heavy atom. The van der Waals surface area contributed by atoms with Gasteiger partial charge in [0.05, 0.1) is 5.92 Å². The lowest BCUT2D eigenvalue weighted by molar-refractivity contribution is -0.123. The monoisotopic (exact) mass is 338 g/mol. The number of anilines is 2. The van der Waals surface area contributed by atoms with Crippen molar-refractivity contribution in [3.05, 3.63) is 58.9 Å². The van der Waals surface area contributed by atoms with Crippen LogP contribution in [-0.4, -0.2) is 11.8 Å².